The van der Waals surface area contributed by atoms with Gasteiger partial charge in [-0.05, 0) is 37.8 Å². The van der Waals surface area contributed by atoms with Crippen molar-refractivity contribution < 1.29 is 4.42 Å². The van der Waals surface area contributed by atoms with E-state index in [2.05, 4.69) is 51.5 Å². The van der Waals surface area contributed by atoms with Gasteiger partial charge in [0.1, 0.15) is 6.26 Å². The summed E-state index contributed by atoms with van der Waals surface area (Å²) in [5.74, 6) is 2.10. The zero-order valence-corrected chi connectivity index (χ0v) is 19.1. The largest absolute Gasteiger partial charge is 0.444 e. The number of aliphatic imine (C=N–C) groups is 1. The van der Waals surface area contributed by atoms with Crippen molar-refractivity contribution >= 4 is 29.9 Å². The van der Waals surface area contributed by atoms with Crippen LogP contribution < -0.4 is 10.6 Å². The second-order valence-electron chi connectivity index (χ2n) is 7.85. The first-order chi connectivity index (χ1) is 13.1. The molecule has 28 heavy (non-hydrogen) atoms. The number of hydrogen-bond donors (Lipinski definition) is 2. The number of aromatic nitrogens is 1. The van der Waals surface area contributed by atoms with E-state index in [4.69, 9.17) is 4.42 Å². The van der Waals surface area contributed by atoms with E-state index >= 15 is 0 Å². The number of hydrogen-bond acceptors (Lipinski definition) is 4. The Bertz CT molecular complexity index is 799. The molecule has 2 fully saturated rings. The highest BCUT2D eigenvalue weighted by Gasteiger charge is 2.38. The van der Waals surface area contributed by atoms with Gasteiger partial charge in [-0.2, -0.15) is 0 Å². The molecule has 6 nitrogen and oxygen atoms in total. The molecule has 2 atom stereocenters. The zero-order chi connectivity index (χ0) is 18.8. The fraction of sp³-hybridized carbons (Fsp3) is 0.524. The third-order valence-corrected chi connectivity index (χ3v) is 5.54. The van der Waals surface area contributed by atoms with Crippen LogP contribution in [0.5, 0.6) is 0 Å². The fourth-order valence-electron chi connectivity index (χ4n) is 3.69. The number of nitrogens with one attached hydrogen (secondary N) is 2. The van der Waals surface area contributed by atoms with Gasteiger partial charge in [-0.15, -0.1) is 24.0 Å². The monoisotopic (exact) mass is 495 g/mol. The second-order valence-corrected chi connectivity index (χ2v) is 7.85. The van der Waals surface area contributed by atoms with Crippen LogP contribution in [-0.4, -0.2) is 48.1 Å². The average molecular weight is 495 g/mol. The van der Waals surface area contributed by atoms with Crippen LogP contribution in [0.25, 0.3) is 11.5 Å². The van der Waals surface area contributed by atoms with E-state index in [1.54, 1.807) is 6.26 Å². The van der Waals surface area contributed by atoms with Crippen molar-refractivity contribution in [2.75, 3.05) is 20.1 Å². The minimum atomic E-state index is 0. The molecule has 1 aromatic heterocycles. The smallest absolute Gasteiger partial charge is 0.226 e. The van der Waals surface area contributed by atoms with Gasteiger partial charge in [0, 0.05) is 37.8 Å². The van der Waals surface area contributed by atoms with Crippen molar-refractivity contribution in [3.05, 3.63) is 41.8 Å². The van der Waals surface area contributed by atoms with Gasteiger partial charge < -0.3 is 15.1 Å². The molecule has 2 aliphatic rings. The third-order valence-electron chi connectivity index (χ3n) is 5.54. The lowest BCUT2D eigenvalue weighted by molar-refractivity contribution is 0.315. The van der Waals surface area contributed by atoms with Crippen LogP contribution in [0, 0.1) is 12.8 Å². The van der Waals surface area contributed by atoms with Crippen molar-refractivity contribution in [2.24, 2.45) is 10.9 Å². The van der Waals surface area contributed by atoms with Crippen LogP contribution in [0.4, 0.5) is 0 Å². The zero-order valence-electron chi connectivity index (χ0n) is 16.8. The van der Waals surface area contributed by atoms with Gasteiger partial charge in [0.2, 0.25) is 5.89 Å². The summed E-state index contributed by atoms with van der Waals surface area (Å²) in [5.41, 5.74) is 3.09. The Labute approximate surface area is 184 Å². The van der Waals surface area contributed by atoms with E-state index in [1.165, 1.54) is 24.9 Å². The number of aryl methyl sites for hydroxylation is 1. The minimum absolute atomic E-state index is 0. The van der Waals surface area contributed by atoms with Gasteiger partial charge in [0.05, 0.1) is 12.2 Å². The Morgan fingerprint density at radius 3 is 2.68 bits per heavy atom. The lowest BCUT2D eigenvalue weighted by atomic mass is 10.1. The molecule has 1 aromatic carbocycles. The summed E-state index contributed by atoms with van der Waals surface area (Å²) >= 11 is 0. The maximum Gasteiger partial charge on any atom is 0.226 e. The standard InChI is InChI=1S/C21H29N5O.HI/c1-14-4-6-16(7-5-14)20-24-17(13-27-20)10-23-21(22-3)25-19-12-26(11-15(19)2)18-8-9-18;/h4-7,13,15,18-19H,8-12H2,1-3H3,(H2,22,23,25);1H. The second kappa shape index (κ2) is 9.26. The molecular formula is C21H30IN5O. The number of likely N-dealkylation sites (tertiary alicyclic amines) is 1. The first-order valence-electron chi connectivity index (χ1n) is 9.85. The number of oxazole rings is 1. The van der Waals surface area contributed by atoms with Crippen molar-refractivity contribution in [3.63, 3.8) is 0 Å². The number of benzene rings is 1. The Morgan fingerprint density at radius 2 is 2.00 bits per heavy atom. The SMILES string of the molecule is CN=C(NCc1coc(-c2ccc(C)cc2)n1)NC1CN(C2CC2)CC1C.I. The summed E-state index contributed by atoms with van der Waals surface area (Å²) < 4.78 is 5.64. The van der Waals surface area contributed by atoms with E-state index in [-0.39, 0.29) is 24.0 Å². The number of rotatable bonds is 5. The Hall–Kier alpha value is -1.61. The molecule has 2 aromatic rings. The maximum absolute atomic E-state index is 5.64. The van der Waals surface area contributed by atoms with Crippen molar-refractivity contribution in [1.82, 2.24) is 20.5 Å². The first-order valence-corrected chi connectivity index (χ1v) is 9.85. The summed E-state index contributed by atoms with van der Waals surface area (Å²) in [6.07, 6.45) is 4.44. The predicted molar refractivity (Wildman–Crippen MR) is 123 cm³/mol. The summed E-state index contributed by atoms with van der Waals surface area (Å²) in [5, 5.41) is 6.95. The highest BCUT2D eigenvalue weighted by atomic mass is 127. The normalized spacial score (nSPS) is 22.8. The van der Waals surface area contributed by atoms with Gasteiger partial charge in [-0.1, -0.05) is 24.6 Å². The van der Waals surface area contributed by atoms with Gasteiger partial charge >= 0.3 is 0 Å². The van der Waals surface area contributed by atoms with Crippen LogP contribution in [0.2, 0.25) is 0 Å². The maximum atomic E-state index is 5.64. The van der Waals surface area contributed by atoms with Gasteiger partial charge in [-0.3, -0.25) is 9.89 Å². The molecule has 2 heterocycles. The Balaban J connectivity index is 0.00000225. The van der Waals surface area contributed by atoms with Crippen LogP contribution in [0.15, 0.2) is 39.9 Å². The topological polar surface area (TPSA) is 65.7 Å². The molecule has 1 saturated carbocycles. The molecule has 2 unspecified atom stereocenters. The molecule has 7 heteroatoms. The van der Waals surface area contributed by atoms with Crippen molar-refractivity contribution in [2.45, 2.75) is 45.3 Å². The Morgan fingerprint density at radius 1 is 1.25 bits per heavy atom. The minimum Gasteiger partial charge on any atom is -0.444 e. The first kappa shape index (κ1) is 21.1. The quantitative estimate of drug-likeness (QED) is 0.378. The van der Waals surface area contributed by atoms with E-state index < -0.39 is 0 Å². The summed E-state index contributed by atoms with van der Waals surface area (Å²) in [6, 6.07) is 9.47. The number of halogens is 1. The van der Waals surface area contributed by atoms with Crippen LogP contribution >= 0.6 is 24.0 Å². The van der Waals surface area contributed by atoms with Crippen LogP contribution in [-0.2, 0) is 6.54 Å². The lowest BCUT2D eigenvalue weighted by Crippen LogP contribution is -2.46. The predicted octanol–water partition coefficient (Wildman–Crippen LogP) is 3.42. The van der Waals surface area contributed by atoms with Crippen molar-refractivity contribution in [3.8, 4) is 11.5 Å². The van der Waals surface area contributed by atoms with Gasteiger partial charge in [0.15, 0.2) is 5.96 Å². The van der Waals surface area contributed by atoms with E-state index in [9.17, 15) is 0 Å². The molecule has 152 valence electrons. The number of guanidine groups is 1. The molecule has 0 radical (unpaired) electrons. The van der Waals surface area contributed by atoms with E-state index in [1.807, 2.05) is 19.2 Å². The molecule has 1 saturated heterocycles. The molecule has 0 amide bonds. The molecule has 2 N–H and O–H groups in total. The molecule has 1 aliphatic carbocycles. The number of nitrogens with zero attached hydrogens (tertiary/aromatic N) is 3. The molecular weight excluding hydrogens is 465 g/mol. The van der Waals surface area contributed by atoms with Crippen LogP contribution in [0.1, 0.15) is 31.0 Å². The molecule has 0 spiro atoms. The highest BCUT2D eigenvalue weighted by molar-refractivity contribution is 14.0. The molecule has 1 aliphatic heterocycles. The highest BCUT2D eigenvalue weighted by Crippen LogP contribution is 2.31. The third kappa shape index (κ3) is 5.05. The van der Waals surface area contributed by atoms with E-state index in [0.717, 1.165) is 29.8 Å². The lowest BCUT2D eigenvalue weighted by Gasteiger charge is -2.20. The summed E-state index contributed by atoms with van der Waals surface area (Å²) in [4.78, 5) is 11.6. The van der Waals surface area contributed by atoms with Gasteiger partial charge in [-0.25, -0.2) is 4.98 Å². The van der Waals surface area contributed by atoms with Crippen LogP contribution in [0.3, 0.4) is 0 Å². The van der Waals surface area contributed by atoms with Crippen molar-refractivity contribution in [1.29, 1.82) is 0 Å². The molecule has 4 rings (SSSR count). The Kier molecular flexibility index (Phi) is 6.98. The summed E-state index contributed by atoms with van der Waals surface area (Å²) in [6.45, 7) is 7.26. The summed E-state index contributed by atoms with van der Waals surface area (Å²) in [7, 11) is 1.81. The van der Waals surface area contributed by atoms with E-state index in [0.29, 0.717) is 24.4 Å². The van der Waals surface area contributed by atoms with Gasteiger partial charge in [0.25, 0.3) is 0 Å². The fourth-order valence-corrected chi connectivity index (χ4v) is 3.69. The average Bonchev–Trinajstić information content (AvgIpc) is 3.31. The molecule has 0 bridgehead atoms.